The maximum absolute atomic E-state index is 13.9. The smallest absolute Gasteiger partial charge is 0.384 e. The first kappa shape index (κ1) is 24.6. The summed E-state index contributed by atoms with van der Waals surface area (Å²) in [6, 6.07) is 12.0. The van der Waals surface area contributed by atoms with Crippen molar-refractivity contribution in [2.45, 2.75) is 32.0 Å². The van der Waals surface area contributed by atoms with E-state index in [-0.39, 0.29) is 29.8 Å². The third kappa shape index (κ3) is 6.51. The number of hydrogen-bond donors (Lipinski definition) is 0. The lowest BCUT2D eigenvalue weighted by molar-refractivity contribution is -0.384. The number of allylic oxidation sites excluding steroid dienone is 4. The lowest BCUT2D eigenvalue weighted by atomic mass is 10.1. The number of carbonyl (C=O) groups is 1. The second kappa shape index (κ2) is 10.8. The van der Waals surface area contributed by atoms with Gasteiger partial charge in [0.2, 0.25) is 0 Å². The molecule has 0 heterocycles. The minimum absolute atomic E-state index is 0.0647. The first-order chi connectivity index (χ1) is 15.7. The summed E-state index contributed by atoms with van der Waals surface area (Å²) in [5, 5.41) is 11.4. The quantitative estimate of drug-likeness (QED) is 0.158. The number of nitro benzene ring substituents is 1. The molecule has 1 aliphatic carbocycles. The molecular formula is C24H23ClNO6P. The molecule has 0 aromatic heterocycles. The van der Waals surface area contributed by atoms with E-state index in [1.165, 1.54) is 24.3 Å². The minimum Gasteiger partial charge on any atom is -0.424 e. The molecule has 0 fully saturated rings. The molecule has 7 nitrogen and oxygen atoms in total. The molecular weight excluding hydrogens is 465 g/mol. The molecule has 0 saturated carbocycles. The zero-order chi connectivity index (χ0) is 24.0. The standard InChI is InChI=1S/C24H23ClNO6P/c1-3-4-5-6-22-17(2)24(15-23(22)27)32-33(30,16-18-7-9-19(25)10-8-18)31-21-13-11-20(12-14-21)26(28)29/h3-5,7-14,24H,1,6,15-16H2,2H3/b5-4-/t24-,33?/m0/s1. The number of Topliss-reactive ketones (excluding diaryl/α,β-unsaturated/α-hetero) is 1. The zero-order valence-electron chi connectivity index (χ0n) is 18.0. The van der Waals surface area contributed by atoms with E-state index in [1.807, 2.05) is 6.08 Å². The van der Waals surface area contributed by atoms with Gasteiger partial charge in [0.15, 0.2) is 5.78 Å². The molecule has 172 valence electrons. The molecule has 33 heavy (non-hydrogen) atoms. The fourth-order valence-electron chi connectivity index (χ4n) is 3.42. The van der Waals surface area contributed by atoms with E-state index < -0.39 is 18.6 Å². The average molecular weight is 488 g/mol. The number of nitro groups is 1. The highest BCUT2D eigenvalue weighted by atomic mass is 35.5. The zero-order valence-corrected chi connectivity index (χ0v) is 19.6. The van der Waals surface area contributed by atoms with Gasteiger partial charge >= 0.3 is 7.60 Å². The van der Waals surface area contributed by atoms with Crippen LogP contribution in [0.4, 0.5) is 5.69 Å². The summed E-state index contributed by atoms with van der Waals surface area (Å²) in [7, 11) is -3.82. The largest absolute Gasteiger partial charge is 0.424 e. The van der Waals surface area contributed by atoms with Gasteiger partial charge in [-0.2, -0.15) is 0 Å². The van der Waals surface area contributed by atoms with Crippen LogP contribution in [0.1, 0.15) is 25.3 Å². The second-order valence-electron chi connectivity index (χ2n) is 7.49. The van der Waals surface area contributed by atoms with Crippen LogP contribution < -0.4 is 4.52 Å². The lowest BCUT2D eigenvalue weighted by Gasteiger charge is -2.23. The SMILES string of the molecule is C=C/C=C\CC1=C(C)[C@@H](OP(=O)(Cc2ccc(Cl)cc2)Oc2ccc([N+](=O)[O-])cc2)CC1=O. The monoisotopic (exact) mass is 487 g/mol. The molecule has 0 aliphatic heterocycles. The predicted molar refractivity (Wildman–Crippen MR) is 128 cm³/mol. The van der Waals surface area contributed by atoms with E-state index in [2.05, 4.69) is 6.58 Å². The highest BCUT2D eigenvalue weighted by Crippen LogP contribution is 2.54. The van der Waals surface area contributed by atoms with Crippen LogP contribution in [0.5, 0.6) is 5.75 Å². The summed E-state index contributed by atoms with van der Waals surface area (Å²) < 4.78 is 25.6. The molecule has 0 spiro atoms. The number of rotatable bonds is 10. The number of hydrogen-bond acceptors (Lipinski definition) is 6. The molecule has 0 saturated heterocycles. The van der Waals surface area contributed by atoms with Gasteiger partial charge in [0.05, 0.1) is 17.2 Å². The Bertz CT molecular complexity index is 1150. The normalized spacial score (nSPS) is 17.9. The van der Waals surface area contributed by atoms with Crippen molar-refractivity contribution in [3.8, 4) is 5.75 Å². The fraction of sp³-hybridized carbons (Fsp3) is 0.208. The maximum atomic E-state index is 13.9. The number of nitrogens with zero attached hydrogens (tertiary/aromatic N) is 1. The Morgan fingerprint density at radius 2 is 1.88 bits per heavy atom. The van der Waals surface area contributed by atoms with Crippen LogP contribution >= 0.6 is 19.2 Å². The van der Waals surface area contributed by atoms with Gasteiger partial charge in [-0.05, 0) is 48.7 Å². The number of halogens is 1. The Morgan fingerprint density at radius 1 is 1.21 bits per heavy atom. The van der Waals surface area contributed by atoms with Gasteiger partial charge in [0.25, 0.3) is 5.69 Å². The molecule has 0 N–H and O–H groups in total. The number of benzene rings is 2. The summed E-state index contributed by atoms with van der Waals surface area (Å²) in [4.78, 5) is 22.9. The van der Waals surface area contributed by atoms with Crippen molar-refractivity contribution < 1.29 is 23.3 Å². The van der Waals surface area contributed by atoms with Gasteiger partial charge in [0, 0.05) is 29.1 Å². The van der Waals surface area contributed by atoms with Crippen LogP contribution in [0.2, 0.25) is 5.02 Å². The van der Waals surface area contributed by atoms with Crippen molar-refractivity contribution in [3.63, 3.8) is 0 Å². The van der Waals surface area contributed by atoms with Gasteiger partial charge in [-0.25, -0.2) is 4.57 Å². The molecule has 1 aliphatic rings. The van der Waals surface area contributed by atoms with Crippen LogP contribution in [0.25, 0.3) is 0 Å². The first-order valence-electron chi connectivity index (χ1n) is 10.2. The predicted octanol–water partition coefficient (Wildman–Crippen LogP) is 6.83. The summed E-state index contributed by atoms with van der Waals surface area (Å²) in [6.45, 7) is 5.40. The fourth-order valence-corrected chi connectivity index (χ4v) is 5.45. The molecule has 9 heteroatoms. The van der Waals surface area contributed by atoms with Crippen molar-refractivity contribution in [2.24, 2.45) is 0 Å². The topological polar surface area (TPSA) is 95.7 Å². The molecule has 0 bridgehead atoms. The molecule has 0 radical (unpaired) electrons. The van der Waals surface area contributed by atoms with Crippen molar-refractivity contribution >= 4 is 30.7 Å². The first-order valence-corrected chi connectivity index (χ1v) is 12.3. The Balaban J connectivity index is 1.88. The number of carbonyl (C=O) groups excluding carboxylic acids is 1. The van der Waals surface area contributed by atoms with Gasteiger partial charge in [-0.3, -0.25) is 19.4 Å². The molecule has 2 atom stereocenters. The van der Waals surface area contributed by atoms with E-state index in [9.17, 15) is 19.5 Å². The van der Waals surface area contributed by atoms with Gasteiger partial charge in [0.1, 0.15) is 5.75 Å². The van der Waals surface area contributed by atoms with Crippen molar-refractivity contribution in [3.05, 3.63) is 105 Å². The van der Waals surface area contributed by atoms with E-state index in [0.29, 0.717) is 28.2 Å². The maximum Gasteiger partial charge on any atom is 0.384 e. The van der Waals surface area contributed by atoms with E-state index >= 15 is 0 Å². The van der Waals surface area contributed by atoms with Gasteiger partial charge in [-0.15, -0.1) is 0 Å². The van der Waals surface area contributed by atoms with E-state index in [4.69, 9.17) is 20.6 Å². The summed E-state index contributed by atoms with van der Waals surface area (Å²) in [6.07, 6.45) is 4.95. The van der Waals surface area contributed by atoms with Crippen LogP contribution in [-0.4, -0.2) is 16.8 Å². The number of non-ortho nitro benzene ring substituents is 1. The van der Waals surface area contributed by atoms with Crippen LogP contribution in [-0.2, 0) is 20.0 Å². The van der Waals surface area contributed by atoms with Crippen LogP contribution in [0.3, 0.4) is 0 Å². The highest BCUT2D eigenvalue weighted by Gasteiger charge is 2.37. The van der Waals surface area contributed by atoms with Crippen molar-refractivity contribution in [1.29, 1.82) is 0 Å². The van der Waals surface area contributed by atoms with E-state index in [0.717, 1.165) is 0 Å². The molecule has 0 amide bonds. The highest BCUT2D eigenvalue weighted by molar-refractivity contribution is 7.53. The molecule has 2 aromatic rings. The average Bonchev–Trinajstić information content (AvgIpc) is 3.02. The Hall–Kier alpha value is -2.99. The molecule has 2 aromatic carbocycles. The minimum atomic E-state index is -3.82. The molecule has 1 unspecified atom stereocenters. The summed E-state index contributed by atoms with van der Waals surface area (Å²) in [5.74, 6) is 0.0950. The Kier molecular flexibility index (Phi) is 8.03. The Morgan fingerprint density at radius 3 is 2.48 bits per heavy atom. The van der Waals surface area contributed by atoms with Gasteiger partial charge < -0.3 is 4.52 Å². The summed E-state index contributed by atoms with van der Waals surface area (Å²) >= 11 is 5.95. The third-order valence-electron chi connectivity index (χ3n) is 5.13. The molecule has 3 rings (SSSR count). The van der Waals surface area contributed by atoms with Crippen molar-refractivity contribution in [1.82, 2.24) is 0 Å². The van der Waals surface area contributed by atoms with Gasteiger partial charge in [-0.1, -0.05) is 48.5 Å². The van der Waals surface area contributed by atoms with Crippen LogP contribution in [0, 0.1) is 10.1 Å². The van der Waals surface area contributed by atoms with E-state index in [1.54, 1.807) is 43.3 Å². The second-order valence-corrected chi connectivity index (χ2v) is 9.86. The number of ketones is 1. The Labute approximate surface area is 197 Å². The van der Waals surface area contributed by atoms with Crippen LogP contribution in [0.15, 0.2) is 84.5 Å². The third-order valence-corrected chi connectivity index (χ3v) is 7.20. The van der Waals surface area contributed by atoms with Crippen molar-refractivity contribution in [2.75, 3.05) is 0 Å². The summed E-state index contributed by atoms with van der Waals surface area (Å²) in [5.41, 5.74) is 1.88. The lowest BCUT2D eigenvalue weighted by Crippen LogP contribution is -2.14.